The van der Waals surface area contributed by atoms with E-state index in [-0.39, 0.29) is 0 Å². The highest BCUT2D eigenvalue weighted by molar-refractivity contribution is 7.98. The zero-order valence-corrected chi connectivity index (χ0v) is 16.7. The first-order valence-electron chi connectivity index (χ1n) is 8.02. The number of hydrogen-bond acceptors (Lipinski definition) is 3. The van der Waals surface area contributed by atoms with Crippen molar-refractivity contribution in [2.24, 2.45) is 0 Å². The van der Waals surface area contributed by atoms with E-state index in [4.69, 9.17) is 23.2 Å². The second kappa shape index (κ2) is 7.81. The van der Waals surface area contributed by atoms with E-state index in [1.165, 1.54) is 11.3 Å². The van der Waals surface area contributed by atoms with Crippen LogP contribution in [0.4, 0.5) is 0 Å². The van der Waals surface area contributed by atoms with Gasteiger partial charge in [-0.05, 0) is 44.0 Å². The Morgan fingerprint density at radius 2 is 2.04 bits per heavy atom. The number of aromatic nitrogens is 3. The number of rotatable bonds is 5. The molecule has 3 nitrogen and oxygen atoms in total. The lowest BCUT2D eigenvalue weighted by atomic mass is 10.2. The summed E-state index contributed by atoms with van der Waals surface area (Å²) in [6.07, 6.45) is 6.06. The molecule has 0 aliphatic heterocycles. The number of hydrogen-bond donors (Lipinski definition) is 0. The zero-order chi connectivity index (χ0) is 18.0. The van der Waals surface area contributed by atoms with E-state index < -0.39 is 0 Å². The molecule has 2 aromatic heterocycles. The Hall–Kier alpha value is -1.49. The molecule has 0 N–H and O–H groups in total. The third-order valence-corrected chi connectivity index (χ3v) is 5.91. The second-order valence-electron chi connectivity index (χ2n) is 5.83. The molecule has 0 aliphatic rings. The van der Waals surface area contributed by atoms with Gasteiger partial charge in [-0.2, -0.15) is 5.10 Å². The molecule has 2 heterocycles. The number of benzene rings is 1. The smallest absolute Gasteiger partial charge is 0.143 e. The van der Waals surface area contributed by atoms with Crippen LogP contribution in [0.25, 0.3) is 10.9 Å². The summed E-state index contributed by atoms with van der Waals surface area (Å²) in [5, 5.41) is 12.0. The minimum absolute atomic E-state index is 0.645. The van der Waals surface area contributed by atoms with Gasteiger partial charge in [0.25, 0.3) is 0 Å². The molecule has 0 atom stereocenters. The maximum absolute atomic E-state index is 6.29. The van der Waals surface area contributed by atoms with Gasteiger partial charge in [-0.1, -0.05) is 53.2 Å². The van der Waals surface area contributed by atoms with Crippen LogP contribution in [0.15, 0.2) is 41.6 Å². The molecule has 0 saturated carbocycles. The number of aryl methyl sites for hydroxylation is 1. The number of fused-ring (bicyclic) bond motifs is 1. The number of allylic oxidation sites excluding steroid dienone is 2. The van der Waals surface area contributed by atoms with Crippen molar-refractivity contribution in [1.29, 1.82) is 0 Å². The van der Waals surface area contributed by atoms with Crippen LogP contribution in [0.3, 0.4) is 0 Å². The lowest BCUT2D eigenvalue weighted by Gasteiger charge is -2.09. The maximum Gasteiger partial charge on any atom is 0.143 e. The standard InChI is InChI=1S/C19H19Cl2N3S/c1-4-5-8-24-13(3)12(2)16-10-22-23-19(18(16)24)25-11-14-6-7-15(20)9-17(14)21/h4-7,9-10H,8,11H2,1-3H3. The average molecular weight is 392 g/mol. The van der Waals surface area contributed by atoms with Gasteiger partial charge in [0, 0.05) is 33.4 Å². The van der Waals surface area contributed by atoms with Crippen molar-refractivity contribution in [3.63, 3.8) is 0 Å². The molecule has 0 radical (unpaired) electrons. The van der Waals surface area contributed by atoms with Crippen LogP contribution in [-0.4, -0.2) is 14.8 Å². The summed E-state index contributed by atoms with van der Waals surface area (Å²) in [6.45, 7) is 7.14. The van der Waals surface area contributed by atoms with Crippen molar-refractivity contribution in [1.82, 2.24) is 14.8 Å². The summed E-state index contributed by atoms with van der Waals surface area (Å²) >= 11 is 13.9. The van der Waals surface area contributed by atoms with Gasteiger partial charge in [-0.25, -0.2) is 0 Å². The average Bonchev–Trinajstić information content (AvgIpc) is 2.84. The van der Waals surface area contributed by atoms with Gasteiger partial charge in [0.2, 0.25) is 0 Å². The summed E-state index contributed by atoms with van der Waals surface area (Å²) in [5.41, 5.74) is 4.67. The third kappa shape index (κ3) is 3.71. The predicted octanol–water partition coefficient (Wildman–Crippen LogP) is 6.22. The van der Waals surface area contributed by atoms with E-state index in [0.29, 0.717) is 10.0 Å². The van der Waals surface area contributed by atoms with Gasteiger partial charge in [-0.3, -0.25) is 0 Å². The molecule has 0 spiro atoms. The van der Waals surface area contributed by atoms with Crippen molar-refractivity contribution in [2.75, 3.05) is 0 Å². The quantitative estimate of drug-likeness (QED) is 0.381. The van der Waals surface area contributed by atoms with Gasteiger partial charge < -0.3 is 4.57 Å². The molecule has 0 aliphatic carbocycles. The molecule has 0 unspecified atom stereocenters. The van der Waals surface area contributed by atoms with E-state index in [2.05, 4.69) is 40.8 Å². The first-order valence-corrected chi connectivity index (χ1v) is 9.76. The molecule has 0 saturated heterocycles. The Bertz CT molecular complexity index is 947. The largest absolute Gasteiger partial charge is 0.339 e. The van der Waals surface area contributed by atoms with Crippen molar-refractivity contribution in [3.8, 4) is 0 Å². The van der Waals surface area contributed by atoms with Crippen LogP contribution in [0.2, 0.25) is 10.0 Å². The maximum atomic E-state index is 6.29. The van der Waals surface area contributed by atoms with Crippen LogP contribution in [0.5, 0.6) is 0 Å². The molecule has 3 rings (SSSR count). The van der Waals surface area contributed by atoms with E-state index >= 15 is 0 Å². The monoisotopic (exact) mass is 391 g/mol. The van der Waals surface area contributed by atoms with Crippen LogP contribution >= 0.6 is 35.0 Å². The molecule has 1 aromatic carbocycles. The fourth-order valence-corrected chi connectivity index (χ4v) is 4.34. The van der Waals surface area contributed by atoms with Gasteiger partial charge in [-0.15, -0.1) is 5.10 Å². The van der Waals surface area contributed by atoms with Crippen LogP contribution in [-0.2, 0) is 12.3 Å². The number of halogens is 2. The Balaban J connectivity index is 1.99. The molecule has 0 bridgehead atoms. The summed E-state index contributed by atoms with van der Waals surface area (Å²) in [4.78, 5) is 0. The lowest BCUT2D eigenvalue weighted by Crippen LogP contribution is -2.00. The van der Waals surface area contributed by atoms with Crippen molar-refractivity contribution in [2.45, 2.75) is 38.1 Å². The SMILES string of the molecule is CC=CCn1c(C)c(C)c2cnnc(SCc3ccc(Cl)cc3Cl)c21. The van der Waals surface area contributed by atoms with Crippen molar-refractivity contribution < 1.29 is 0 Å². The number of nitrogens with zero attached hydrogens (tertiary/aromatic N) is 3. The molecule has 3 aromatic rings. The van der Waals surface area contributed by atoms with Crippen molar-refractivity contribution >= 4 is 45.9 Å². The summed E-state index contributed by atoms with van der Waals surface area (Å²) in [6, 6.07) is 5.59. The summed E-state index contributed by atoms with van der Waals surface area (Å²) in [5.74, 6) is 0.719. The second-order valence-corrected chi connectivity index (χ2v) is 7.63. The number of thioether (sulfide) groups is 1. The van der Waals surface area contributed by atoms with E-state index in [1.54, 1.807) is 17.8 Å². The molecular weight excluding hydrogens is 373 g/mol. The first-order chi connectivity index (χ1) is 12.0. The van der Waals surface area contributed by atoms with Crippen LogP contribution < -0.4 is 0 Å². The molecule has 25 heavy (non-hydrogen) atoms. The fourth-order valence-electron chi connectivity index (χ4n) is 2.78. The third-order valence-electron chi connectivity index (χ3n) is 4.32. The van der Waals surface area contributed by atoms with Crippen molar-refractivity contribution in [3.05, 3.63) is 63.4 Å². The summed E-state index contributed by atoms with van der Waals surface area (Å²) < 4.78 is 2.30. The Morgan fingerprint density at radius 3 is 2.76 bits per heavy atom. The van der Waals surface area contributed by atoms with E-state index in [1.807, 2.05) is 25.3 Å². The molecule has 6 heteroatoms. The normalized spacial score (nSPS) is 11.7. The highest BCUT2D eigenvalue weighted by Crippen LogP contribution is 2.34. The molecule has 0 fully saturated rings. The highest BCUT2D eigenvalue weighted by atomic mass is 35.5. The van der Waals surface area contributed by atoms with Crippen LogP contribution in [0.1, 0.15) is 23.7 Å². The minimum Gasteiger partial charge on any atom is -0.339 e. The molecule has 130 valence electrons. The van der Waals surface area contributed by atoms with E-state index in [9.17, 15) is 0 Å². The first kappa shape index (κ1) is 18.3. The predicted molar refractivity (Wildman–Crippen MR) is 108 cm³/mol. The van der Waals surface area contributed by atoms with Gasteiger partial charge in [0.15, 0.2) is 0 Å². The Morgan fingerprint density at radius 1 is 1.24 bits per heavy atom. The Kier molecular flexibility index (Phi) is 5.72. The topological polar surface area (TPSA) is 30.7 Å². The fraction of sp³-hybridized carbons (Fsp3) is 0.263. The van der Waals surface area contributed by atoms with Gasteiger partial charge in [0.05, 0.1) is 11.7 Å². The molecule has 0 amide bonds. The summed E-state index contributed by atoms with van der Waals surface area (Å²) in [7, 11) is 0. The zero-order valence-electron chi connectivity index (χ0n) is 14.4. The highest BCUT2D eigenvalue weighted by Gasteiger charge is 2.16. The lowest BCUT2D eigenvalue weighted by molar-refractivity contribution is 0.803. The van der Waals surface area contributed by atoms with Gasteiger partial charge >= 0.3 is 0 Å². The Labute approximate surface area is 162 Å². The van der Waals surface area contributed by atoms with Crippen LogP contribution in [0, 0.1) is 13.8 Å². The van der Waals surface area contributed by atoms with Gasteiger partial charge in [0.1, 0.15) is 5.03 Å². The molecular formula is C19H19Cl2N3S. The minimum atomic E-state index is 0.645. The van der Waals surface area contributed by atoms with E-state index in [0.717, 1.165) is 33.8 Å².